The first kappa shape index (κ1) is 23.7. The summed E-state index contributed by atoms with van der Waals surface area (Å²) in [7, 11) is -3.13. The number of halogens is 1. The Morgan fingerprint density at radius 1 is 1.19 bits per heavy atom. The van der Waals surface area contributed by atoms with Crippen molar-refractivity contribution in [2.24, 2.45) is 4.99 Å². The van der Waals surface area contributed by atoms with Crippen molar-refractivity contribution < 1.29 is 22.3 Å². The van der Waals surface area contributed by atoms with Crippen LogP contribution >= 0.6 is 0 Å². The van der Waals surface area contributed by atoms with Crippen molar-refractivity contribution in [2.75, 3.05) is 19.6 Å². The number of aliphatic imine (C=N–C) groups is 1. The summed E-state index contributed by atoms with van der Waals surface area (Å²) < 4.78 is 52.7. The van der Waals surface area contributed by atoms with Crippen LogP contribution in [0.1, 0.15) is 58.4 Å². The van der Waals surface area contributed by atoms with Crippen molar-refractivity contribution in [1.82, 2.24) is 4.31 Å². The van der Waals surface area contributed by atoms with E-state index in [1.54, 1.807) is 16.4 Å². The van der Waals surface area contributed by atoms with Gasteiger partial charge in [-0.05, 0) is 70.6 Å². The molecular weight excluding hydrogens is 419 g/mol. The van der Waals surface area contributed by atoms with E-state index in [1.165, 1.54) is 6.07 Å². The molecule has 8 heteroatoms. The van der Waals surface area contributed by atoms with E-state index in [2.05, 4.69) is 4.99 Å². The molecule has 1 aliphatic carbocycles. The number of hydrogen-bond donors (Lipinski definition) is 0. The van der Waals surface area contributed by atoms with Gasteiger partial charge in [0.25, 0.3) is 0 Å². The summed E-state index contributed by atoms with van der Waals surface area (Å²) in [5, 5.41) is -0.175. The van der Waals surface area contributed by atoms with E-state index in [4.69, 9.17) is 9.47 Å². The molecule has 6 nitrogen and oxygen atoms in total. The lowest BCUT2D eigenvalue weighted by Crippen LogP contribution is -2.42. The predicted molar refractivity (Wildman–Crippen MR) is 120 cm³/mol. The Morgan fingerprint density at radius 2 is 1.87 bits per heavy atom. The van der Waals surface area contributed by atoms with Gasteiger partial charge in [0.2, 0.25) is 15.9 Å². The molecule has 0 spiro atoms. The molecule has 0 radical (unpaired) electrons. The van der Waals surface area contributed by atoms with Gasteiger partial charge in [0.15, 0.2) is 11.6 Å². The van der Waals surface area contributed by atoms with Crippen molar-refractivity contribution in [1.29, 1.82) is 0 Å². The van der Waals surface area contributed by atoms with E-state index >= 15 is 0 Å². The maximum absolute atomic E-state index is 14.3. The monoisotopic (exact) mass is 452 g/mol. The summed E-state index contributed by atoms with van der Waals surface area (Å²) in [6, 6.07) is 4.83. The van der Waals surface area contributed by atoms with Crippen LogP contribution in [0.15, 0.2) is 34.5 Å². The van der Waals surface area contributed by atoms with Crippen LogP contribution in [0, 0.1) is 12.7 Å². The fourth-order valence-corrected chi connectivity index (χ4v) is 5.38. The maximum atomic E-state index is 14.3. The Morgan fingerprint density at radius 3 is 2.45 bits per heavy atom. The lowest BCUT2D eigenvalue weighted by atomic mass is 10.1. The maximum Gasteiger partial charge on any atom is 0.221 e. The van der Waals surface area contributed by atoms with Crippen LogP contribution in [0.5, 0.6) is 5.75 Å². The first-order valence-corrected chi connectivity index (χ1v) is 12.5. The Hall–Kier alpha value is -1.93. The average molecular weight is 453 g/mol. The molecule has 0 bridgehead atoms. The van der Waals surface area contributed by atoms with Gasteiger partial charge in [0.1, 0.15) is 11.9 Å². The first-order valence-electron chi connectivity index (χ1n) is 11.0. The highest BCUT2D eigenvalue weighted by atomic mass is 32.2. The van der Waals surface area contributed by atoms with Crippen molar-refractivity contribution in [2.45, 2.75) is 71.2 Å². The van der Waals surface area contributed by atoms with E-state index in [1.807, 2.05) is 27.7 Å². The third-order valence-electron chi connectivity index (χ3n) is 5.67. The van der Waals surface area contributed by atoms with Gasteiger partial charge < -0.3 is 9.47 Å². The van der Waals surface area contributed by atoms with Crippen LogP contribution in [-0.2, 0) is 14.8 Å². The fraction of sp³-hybridized carbons (Fsp3) is 0.609. The average Bonchev–Trinajstić information content (AvgIpc) is 3.58. The molecule has 31 heavy (non-hydrogen) atoms. The zero-order valence-corrected chi connectivity index (χ0v) is 19.7. The molecule has 2 aliphatic rings. The number of aryl methyl sites for hydroxylation is 1. The summed E-state index contributed by atoms with van der Waals surface area (Å²) in [6.07, 6.45) is 3.62. The number of benzene rings is 1. The van der Waals surface area contributed by atoms with E-state index in [0.29, 0.717) is 49.7 Å². The number of nitrogens with zero attached hydrogens (tertiary/aromatic N) is 2. The Labute approximate surface area is 185 Å². The van der Waals surface area contributed by atoms with Crippen molar-refractivity contribution in [3.8, 4) is 5.75 Å². The SMILES string of the molecule is CCCN=C(Oc1ccc(C)cc1F)/C(C)=C(\C)OC1CCN(S(=O)(=O)C2CC2)CC1. The van der Waals surface area contributed by atoms with E-state index in [9.17, 15) is 12.8 Å². The molecule has 1 saturated carbocycles. The van der Waals surface area contributed by atoms with Crippen LogP contribution < -0.4 is 4.74 Å². The van der Waals surface area contributed by atoms with Crippen LogP contribution in [0.3, 0.4) is 0 Å². The minimum atomic E-state index is -3.13. The third-order valence-corrected chi connectivity index (χ3v) is 8.07. The summed E-state index contributed by atoms with van der Waals surface area (Å²) in [5.74, 6) is 0.702. The molecule has 1 aromatic rings. The number of piperidine rings is 1. The summed E-state index contributed by atoms with van der Waals surface area (Å²) in [4.78, 5) is 4.49. The van der Waals surface area contributed by atoms with Gasteiger partial charge in [-0.3, -0.25) is 4.99 Å². The van der Waals surface area contributed by atoms with Crippen molar-refractivity contribution in [3.05, 3.63) is 40.9 Å². The number of sulfonamides is 1. The van der Waals surface area contributed by atoms with Gasteiger partial charge >= 0.3 is 0 Å². The highest BCUT2D eigenvalue weighted by Crippen LogP contribution is 2.33. The summed E-state index contributed by atoms with van der Waals surface area (Å²) in [6.45, 7) is 9.06. The molecule has 0 atom stereocenters. The standard InChI is InChI=1S/C23H33FN2O4S/c1-5-12-25-23(30-22-9-6-16(2)15-21(22)24)17(3)18(4)29-19-10-13-26(14-11-19)31(27,28)20-7-8-20/h6,9,15,19-20H,5,7-8,10-14H2,1-4H3/b18-17+,25-23?. The molecule has 1 saturated heterocycles. The zero-order valence-electron chi connectivity index (χ0n) is 18.9. The van der Waals surface area contributed by atoms with Crippen LogP contribution in [-0.4, -0.2) is 49.6 Å². The van der Waals surface area contributed by atoms with Gasteiger partial charge in [-0.1, -0.05) is 13.0 Å². The smallest absolute Gasteiger partial charge is 0.221 e. The second-order valence-corrected chi connectivity index (χ2v) is 10.6. The minimum absolute atomic E-state index is 0.0656. The lowest BCUT2D eigenvalue weighted by Gasteiger charge is -2.32. The quantitative estimate of drug-likeness (QED) is 0.329. The molecule has 1 aromatic carbocycles. The van der Waals surface area contributed by atoms with Gasteiger partial charge in [-0.25, -0.2) is 17.1 Å². The zero-order chi connectivity index (χ0) is 22.6. The van der Waals surface area contributed by atoms with E-state index < -0.39 is 15.8 Å². The molecule has 0 aromatic heterocycles. The summed E-state index contributed by atoms with van der Waals surface area (Å²) in [5.41, 5.74) is 1.53. The second-order valence-electron chi connectivity index (χ2n) is 8.36. The summed E-state index contributed by atoms with van der Waals surface area (Å²) >= 11 is 0. The van der Waals surface area contributed by atoms with E-state index in [0.717, 1.165) is 24.8 Å². The largest absolute Gasteiger partial charge is 0.494 e. The molecule has 1 aliphatic heterocycles. The molecule has 0 N–H and O–H groups in total. The second kappa shape index (κ2) is 10.1. The van der Waals surface area contributed by atoms with Crippen LogP contribution in [0.2, 0.25) is 0 Å². The molecule has 0 unspecified atom stereocenters. The van der Waals surface area contributed by atoms with Gasteiger partial charge in [-0.15, -0.1) is 0 Å². The highest BCUT2D eigenvalue weighted by molar-refractivity contribution is 7.90. The van der Waals surface area contributed by atoms with E-state index in [-0.39, 0.29) is 17.1 Å². The minimum Gasteiger partial charge on any atom is -0.494 e. The number of hydrogen-bond acceptors (Lipinski definition) is 5. The van der Waals surface area contributed by atoms with Gasteiger partial charge in [0, 0.05) is 25.2 Å². The highest BCUT2D eigenvalue weighted by Gasteiger charge is 2.41. The number of rotatable bonds is 8. The number of ether oxygens (including phenoxy) is 2. The first-order chi connectivity index (χ1) is 14.7. The lowest BCUT2D eigenvalue weighted by molar-refractivity contribution is 0.0709. The Bertz CT molecular complexity index is 946. The molecule has 0 amide bonds. The van der Waals surface area contributed by atoms with Gasteiger partial charge in [-0.2, -0.15) is 0 Å². The molecule has 2 fully saturated rings. The third kappa shape index (κ3) is 6.07. The molecule has 3 rings (SSSR count). The molecule has 1 heterocycles. The molecule has 172 valence electrons. The number of allylic oxidation sites excluding steroid dienone is 1. The molecular formula is C23H33FN2O4S. The topological polar surface area (TPSA) is 68.2 Å². The Kier molecular flexibility index (Phi) is 7.75. The van der Waals surface area contributed by atoms with Gasteiger partial charge in [0.05, 0.1) is 5.25 Å². The van der Waals surface area contributed by atoms with Crippen molar-refractivity contribution in [3.63, 3.8) is 0 Å². The van der Waals surface area contributed by atoms with Crippen molar-refractivity contribution >= 4 is 15.9 Å². The predicted octanol–water partition coefficient (Wildman–Crippen LogP) is 4.59. The fourth-order valence-electron chi connectivity index (χ4n) is 3.50. The van der Waals surface area contributed by atoms with Crippen LogP contribution in [0.25, 0.3) is 0 Å². The van der Waals surface area contributed by atoms with Crippen LogP contribution in [0.4, 0.5) is 4.39 Å². The normalized spacial score (nSPS) is 19.8. The Balaban J connectivity index is 1.66.